The molecule has 0 spiro atoms. The fourth-order valence-electron chi connectivity index (χ4n) is 4.84. The van der Waals surface area contributed by atoms with Gasteiger partial charge in [-0.2, -0.15) is 0 Å². The van der Waals surface area contributed by atoms with E-state index in [9.17, 15) is 9.59 Å². The van der Waals surface area contributed by atoms with E-state index < -0.39 is 0 Å². The summed E-state index contributed by atoms with van der Waals surface area (Å²) in [4.78, 5) is 32.0. The van der Waals surface area contributed by atoms with E-state index in [-0.39, 0.29) is 17.7 Å². The molecule has 1 aliphatic heterocycles. The van der Waals surface area contributed by atoms with Crippen molar-refractivity contribution in [3.05, 3.63) is 30.1 Å². The summed E-state index contributed by atoms with van der Waals surface area (Å²) in [5.41, 5.74) is 1.95. The number of fused-ring (bicyclic) bond motifs is 1. The molecule has 1 N–H and O–H groups in total. The van der Waals surface area contributed by atoms with Crippen molar-refractivity contribution in [2.75, 3.05) is 19.6 Å². The first-order valence-electron chi connectivity index (χ1n) is 11.7. The number of likely N-dealkylation sites (tertiary alicyclic amines) is 1. The highest BCUT2D eigenvalue weighted by Gasteiger charge is 2.21. The molecular formula is C24H34N4O2. The maximum absolute atomic E-state index is 12.9. The number of para-hydroxylation sites is 2. The number of nitrogens with zero attached hydrogens (tertiary/aromatic N) is 3. The molecule has 1 aromatic carbocycles. The first-order chi connectivity index (χ1) is 14.7. The average molecular weight is 411 g/mol. The predicted molar refractivity (Wildman–Crippen MR) is 118 cm³/mol. The molecule has 2 aliphatic rings. The number of hydrogen-bond acceptors (Lipinski definition) is 3. The lowest BCUT2D eigenvalue weighted by Gasteiger charge is -2.27. The minimum absolute atomic E-state index is 0.185. The molecule has 6 heteroatoms. The van der Waals surface area contributed by atoms with Crippen LogP contribution in [0.5, 0.6) is 0 Å². The van der Waals surface area contributed by atoms with Crippen molar-refractivity contribution in [3.63, 3.8) is 0 Å². The van der Waals surface area contributed by atoms with E-state index >= 15 is 0 Å². The molecule has 4 rings (SSSR count). The molecule has 1 aromatic heterocycles. The van der Waals surface area contributed by atoms with Crippen LogP contribution in [0.25, 0.3) is 11.0 Å². The number of imidazole rings is 1. The van der Waals surface area contributed by atoms with Crippen LogP contribution in [0.15, 0.2) is 24.3 Å². The third-order valence-corrected chi connectivity index (χ3v) is 6.59. The van der Waals surface area contributed by atoms with Gasteiger partial charge in [-0.15, -0.1) is 0 Å². The summed E-state index contributed by atoms with van der Waals surface area (Å²) in [6.45, 7) is 2.75. The zero-order chi connectivity index (χ0) is 20.8. The number of aromatic nitrogens is 2. The van der Waals surface area contributed by atoms with Crippen molar-refractivity contribution in [1.82, 2.24) is 19.8 Å². The Morgan fingerprint density at radius 3 is 2.53 bits per heavy atom. The Morgan fingerprint density at radius 1 is 1.00 bits per heavy atom. The molecule has 2 aromatic rings. The molecule has 0 unspecified atom stereocenters. The van der Waals surface area contributed by atoms with Gasteiger partial charge in [0.05, 0.1) is 11.0 Å². The molecule has 6 nitrogen and oxygen atoms in total. The zero-order valence-corrected chi connectivity index (χ0v) is 17.9. The maximum Gasteiger partial charge on any atom is 0.242 e. The Bertz CT molecular complexity index is 863. The van der Waals surface area contributed by atoms with Crippen LogP contribution >= 0.6 is 0 Å². The number of benzene rings is 1. The van der Waals surface area contributed by atoms with Crippen molar-refractivity contribution < 1.29 is 9.59 Å². The molecule has 1 saturated heterocycles. The van der Waals surface area contributed by atoms with Gasteiger partial charge in [0.2, 0.25) is 11.8 Å². The summed E-state index contributed by atoms with van der Waals surface area (Å²) < 4.78 is 2.08. The van der Waals surface area contributed by atoms with Gasteiger partial charge in [0.25, 0.3) is 0 Å². The third-order valence-electron chi connectivity index (χ3n) is 6.59. The van der Waals surface area contributed by atoms with E-state index in [0.717, 1.165) is 68.5 Å². The molecule has 162 valence electrons. The minimum atomic E-state index is 0.185. The van der Waals surface area contributed by atoms with E-state index in [1.807, 2.05) is 29.2 Å². The number of nitrogens with one attached hydrogen (secondary N) is 1. The van der Waals surface area contributed by atoms with Crippen LogP contribution in [0.1, 0.15) is 63.6 Å². The quantitative estimate of drug-likeness (QED) is 0.708. The first-order valence-corrected chi connectivity index (χ1v) is 11.7. The fourth-order valence-corrected chi connectivity index (χ4v) is 4.84. The second-order valence-corrected chi connectivity index (χ2v) is 8.77. The highest BCUT2D eigenvalue weighted by Crippen LogP contribution is 2.23. The fraction of sp³-hybridized carbons (Fsp3) is 0.625. The highest BCUT2D eigenvalue weighted by molar-refractivity contribution is 5.81. The summed E-state index contributed by atoms with van der Waals surface area (Å²) >= 11 is 0. The smallest absolute Gasteiger partial charge is 0.242 e. The highest BCUT2D eigenvalue weighted by atomic mass is 16.2. The second-order valence-electron chi connectivity index (χ2n) is 8.77. The van der Waals surface area contributed by atoms with Crippen molar-refractivity contribution in [3.8, 4) is 0 Å². The van der Waals surface area contributed by atoms with Gasteiger partial charge in [-0.25, -0.2) is 4.98 Å². The Balaban J connectivity index is 1.37. The lowest BCUT2D eigenvalue weighted by atomic mass is 9.89. The summed E-state index contributed by atoms with van der Waals surface area (Å²) in [5, 5.41) is 3.12. The Labute approximate surface area is 179 Å². The van der Waals surface area contributed by atoms with Crippen LogP contribution in [-0.2, 0) is 22.6 Å². The topological polar surface area (TPSA) is 67.2 Å². The number of carbonyl (C=O) groups is 2. The van der Waals surface area contributed by atoms with Crippen molar-refractivity contribution in [1.29, 1.82) is 0 Å². The molecule has 1 saturated carbocycles. The lowest BCUT2D eigenvalue weighted by Crippen LogP contribution is -2.38. The van der Waals surface area contributed by atoms with Gasteiger partial charge in [0, 0.05) is 32.0 Å². The SMILES string of the molecule is O=C(NCCCc1nc2ccccc2n1CC(=O)N1CCCCC1)C1CCCCC1. The number of carbonyl (C=O) groups excluding carboxylic acids is 2. The summed E-state index contributed by atoms with van der Waals surface area (Å²) in [6, 6.07) is 8.03. The van der Waals surface area contributed by atoms with Crippen LogP contribution in [-0.4, -0.2) is 45.9 Å². The van der Waals surface area contributed by atoms with Crippen molar-refractivity contribution in [2.24, 2.45) is 5.92 Å². The molecular weight excluding hydrogens is 376 g/mol. The first kappa shape index (κ1) is 20.9. The minimum Gasteiger partial charge on any atom is -0.356 e. The van der Waals surface area contributed by atoms with Crippen LogP contribution in [0, 0.1) is 5.92 Å². The van der Waals surface area contributed by atoms with E-state index in [0.29, 0.717) is 13.1 Å². The monoisotopic (exact) mass is 410 g/mol. The Kier molecular flexibility index (Phi) is 7.03. The molecule has 0 bridgehead atoms. The second kappa shape index (κ2) is 10.1. The largest absolute Gasteiger partial charge is 0.356 e. The van der Waals surface area contributed by atoms with E-state index in [1.165, 1.54) is 25.7 Å². The van der Waals surface area contributed by atoms with Crippen LogP contribution < -0.4 is 5.32 Å². The Morgan fingerprint density at radius 2 is 1.73 bits per heavy atom. The number of aryl methyl sites for hydroxylation is 1. The van der Waals surface area contributed by atoms with Crippen molar-refractivity contribution in [2.45, 2.75) is 70.8 Å². The maximum atomic E-state index is 12.9. The molecule has 2 amide bonds. The normalized spacial score (nSPS) is 17.9. The van der Waals surface area contributed by atoms with Crippen LogP contribution in [0.2, 0.25) is 0 Å². The van der Waals surface area contributed by atoms with Crippen LogP contribution in [0.4, 0.5) is 0 Å². The molecule has 2 heterocycles. The van der Waals surface area contributed by atoms with E-state index in [1.54, 1.807) is 0 Å². The average Bonchev–Trinajstić information content (AvgIpc) is 3.15. The van der Waals surface area contributed by atoms with Gasteiger partial charge in [0.15, 0.2) is 0 Å². The lowest BCUT2D eigenvalue weighted by molar-refractivity contribution is -0.132. The van der Waals surface area contributed by atoms with Gasteiger partial charge in [-0.1, -0.05) is 31.4 Å². The number of piperidine rings is 1. The third kappa shape index (κ3) is 5.02. The predicted octanol–water partition coefficient (Wildman–Crippen LogP) is 3.68. The standard InChI is InChI=1S/C24H34N4O2/c29-23(27-16-7-2-8-17-27)18-28-21-13-6-5-12-20(21)26-22(28)14-9-15-25-24(30)19-10-3-1-4-11-19/h5-6,12-13,19H,1-4,7-11,14-18H2,(H,25,30). The molecule has 0 atom stereocenters. The van der Waals surface area contributed by atoms with E-state index in [4.69, 9.17) is 4.98 Å². The molecule has 1 aliphatic carbocycles. The number of rotatable bonds is 7. The van der Waals surface area contributed by atoms with E-state index in [2.05, 4.69) is 9.88 Å². The van der Waals surface area contributed by atoms with Gasteiger partial charge < -0.3 is 14.8 Å². The summed E-state index contributed by atoms with van der Waals surface area (Å²) in [7, 11) is 0. The number of amides is 2. The summed E-state index contributed by atoms with van der Waals surface area (Å²) in [5.74, 6) is 1.53. The van der Waals surface area contributed by atoms with Crippen LogP contribution in [0.3, 0.4) is 0 Å². The van der Waals surface area contributed by atoms with Gasteiger partial charge >= 0.3 is 0 Å². The molecule has 0 radical (unpaired) electrons. The molecule has 30 heavy (non-hydrogen) atoms. The summed E-state index contributed by atoms with van der Waals surface area (Å²) in [6.07, 6.45) is 10.7. The van der Waals surface area contributed by atoms with Crippen molar-refractivity contribution >= 4 is 22.8 Å². The van der Waals surface area contributed by atoms with Gasteiger partial charge in [-0.05, 0) is 50.7 Å². The zero-order valence-electron chi connectivity index (χ0n) is 17.9. The van der Waals surface area contributed by atoms with Gasteiger partial charge in [0.1, 0.15) is 12.4 Å². The number of hydrogen-bond donors (Lipinski definition) is 1. The Hall–Kier alpha value is -2.37. The van der Waals surface area contributed by atoms with Gasteiger partial charge in [-0.3, -0.25) is 9.59 Å². The molecule has 2 fully saturated rings.